The molecule has 3 amide bonds. The van der Waals surface area contributed by atoms with Gasteiger partial charge in [-0.3, -0.25) is 14.4 Å². The van der Waals surface area contributed by atoms with E-state index in [-0.39, 0.29) is 29.8 Å². The summed E-state index contributed by atoms with van der Waals surface area (Å²) in [7, 11) is 0. The zero-order valence-electron chi connectivity index (χ0n) is 26.3. The van der Waals surface area contributed by atoms with Crippen molar-refractivity contribution in [1.29, 1.82) is 0 Å². The van der Waals surface area contributed by atoms with Gasteiger partial charge in [-0.1, -0.05) is 109 Å². The molecule has 0 saturated carbocycles. The van der Waals surface area contributed by atoms with Gasteiger partial charge in [-0.05, 0) is 36.0 Å². The number of amides is 3. The molecule has 0 spiro atoms. The Kier molecular flexibility index (Phi) is 22.9. The molecule has 5 N–H and O–H groups in total. The molecule has 3 aromatic rings. The molecular weight excluding hydrogens is 1340 g/mol. The van der Waals surface area contributed by atoms with Crippen molar-refractivity contribution in [2.45, 2.75) is 58.2 Å². The molecule has 0 bridgehead atoms. The first kappa shape index (κ1) is 42.1. The van der Waals surface area contributed by atoms with Crippen LogP contribution in [-0.4, -0.2) is 52.3 Å². The van der Waals surface area contributed by atoms with Gasteiger partial charge in [-0.2, -0.15) is 13.2 Å². The predicted molar refractivity (Wildman–Crippen MR) is 161 cm³/mol. The van der Waals surface area contributed by atoms with Gasteiger partial charge in [0.25, 0.3) is 0 Å². The molecule has 3 aromatic carbocycles. The van der Waals surface area contributed by atoms with Crippen LogP contribution in [0.25, 0.3) is 0 Å². The Balaban J connectivity index is -0.000000569. The normalized spacial score (nSPS) is 11.2. The molecule has 0 aliphatic heterocycles. The van der Waals surface area contributed by atoms with Gasteiger partial charge in [0.15, 0.2) is 0 Å². The van der Waals surface area contributed by atoms with Gasteiger partial charge in [0.05, 0.1) is 0 Å². The van der Waals surface area contributed by atoms with Gasteiger partial charge < -0.3 is 31.0 Å². The fourth-order valence-corrected chi connectivity index (χ4v) is 3.76. The van der Waals surface area contributed by atoms with Crippen molar-refractivity contribution < 1.29 is 29.4 Å². The summed E-state index contributed by atoms with van der Waals surface area (Å²) < 4.78 is 0. The molecule has 9 nitrogen and oxygen atoms in total. The summed E-state index contributed by atoms with van der Waals surface area (Å²) in [4.78, 5) is 42.7. The van der Waals surface area contributed by atoms with Crippen molar-refractivity contribution in [2.24, 2.45) is 0 Å². The molecule has 0 heterocycles. The molecule has 0 saturated heterocycles. The third-order valence-electron chi connectivity index (χ3n) is 5.54. The Morgan fingerprint density at radius 3 is 1.11 bits per heavy atom. The Hall–Kier alpha value is -7.34. The van der Waals surface area contributed by atoms with E-state index >= 15 is 0 Å². The number of carbonyl (C=O) groups is 3. The largest absolute Gasteiger partial charge is 0.564 e. The molecule has 0 unspecified atom stereocenters. The first-order valence-electron chi connectivity index (χ1n) is 13.4. The summed E-state index contributed by atoms with van der Waals surface area (Å²) in [5, 5.41) is 25.6. The molecule has 232 valence electrons. The van der Waals surface area contributed by atoms with Crippen molar-refractivity contribution >= 4 is 24.0 Å². The van der Waals surface area contributed by atoms with Crippen LogP contribution in [0.1, 0.15) is 37.5 Å². The van der Waals surface area contributed by atoms with Crippen LogP contribution in [-0.2, 0) is 38.4 Å². The van der Waals surface area contributed by atoms with Crippen LogP contribution >= 0.6 is 0 Å². The summed E-state index contributed by atoms with van der Waals surface area (Å²) in [6.07, 6.45) is 3.51. The maximum absolute atomic E-state index is 10.8. The zero-order valence-corrected chi connectivity index (χ0v) is 45.5. The predicted octanol–water partition coefficient (Wildman–Crippen LogP) is 3.38. The molecule has 0 aliphatic rings. The number of benzene rings is 3. The van der Waals surface area contributed by atoms with Crippen molar-refractivity contribution in [2.75, 3.05) is 0 Å². The van der Waals surface area contributed by atoms with Crippen LogP contribution in [0.3, 0.4) is 0 Å². The second-order valence-corrected chi connectivity index (χ2v) is 9.35. The maximum Gasteiger partial charge on any atom is 0.214 e. The van der Waals surface area contributed by atoms with E-state index in [1.165, 1.54) is 20.8 Å². The van der Waals surface area contributed by atoms with Crippen LogP contribution in [0, 0.1) is 13.2 Å². The summed E-state index contributed by atoms with van der Waals surface area (Å²) >= 11 is 0. The van der Waals surface area contributed by atoms with Crippen molar-refractivity contribution in [3.63, 3.8) is 0 Å². The minimum atomic E-state index is -0.546. The molecule has 3 atom stereocenters. The van der Waals surface area contributed by atoms with E-state index in [1.807, 2.05) is 91.0 Å². The van der Waals surface area contributed by atoms with Gasteiger partial charge >= 0.3 is 0 Å². The number of carbonyl (C=O) groups excluding carboxylic acids is 4. The Morgan fingerprint density at radius 2 is 0.867 bits per heavy atom. The molecule has 0 fully saturated rings. The Morgan fingerprint density at radius 1 is 0.578 bits per heavy atom. The minimum absolute atomic E-state index is 0. The first-order valence-corrected chi connectivity index (χ1v) is 13.4. The summed E-state index contributed by atoms with van der Waals surface area (Å²) in [6, 6.07) is 27.7. The average Bonchev–Trinajstić information content (AvgIpc) is 2.97. The Bertz CT molecular complexity index is 1130. The topological polar surface area (TPSA) is 145 Å². The fraction of sp³-hybridized carbons (Fsp3) is 0.273. The average molecular weight is 1380 g/mol. The Labute approximate surface area is 248 Å². The number of aliphatic hydroxyl groups excluding tert-OH is 2. The quantitative estimate of drug-likeness (QED) is 0.176. The van der Waals surface area contributed by atoms with Crippen LogP contribution in [0.2, 0.25) is 0 Å². The molecule has 45 heavy (non-hydrogen) atoms. The number of hydrogen-bond donors (Lipinski definition) is 5. The first-order chi connectivity index (χ1) is 20.2. The van der Waals surface area contributed by atoms with Crippen molar-refractivity contribution in [3.05, 3.63) is 121 Å². The van der Waals surface area contributed by atoms with Crippen LogP contribution in [0.5, 0.6) is 0 Å². The minimum Gasteiger partial charge on any atom is -0.564 e. The van der Waals surface area contributed by atoms with E-state index < -0.39 is 6.04 Å². The molecule has 0 radical (unpaired) electrons. The second kappa shape index (κ2) is 24.5. The van der Waals surface area contributed by atoms with Crippen molar-refractivity contribution in [3.8, 4) is 0 Å². The second-order valence-electron chi connectivity index (χ2n) is 9.35. The van der Waals surface area contributed by atoms with E-state index in [0.717, 1.165) is 29.9 Å². The molecular formula is C33H40N3O6Rf3-3. The monoisotopic (exact) mass is 1380 g/mol. The SMILES string of the molecule is CC(=O)N[C@H]([C-]=O)Cc1ccccc1.CC(=O)N[C@H]([CH-]O)Cc1ccccc1.CC(=O)N[C@H]([CH-]O)Cc1ccccc1.[Rf].[Rf].[Rf]. The maximum atomic E-state index is 10.8. The van der Waals surface area contributed by atoms with Crippen LogP contribution < -0.4 is 16.0 Å². The van der Waals surface area contributed by atoms with Crippen molar-refractivity contribution in [1.82, 2.24) is 16.0 Å². The van der Waals surface area contributed by atoms with E-state index in [1.54, 1.807) is 6.29 Å². The molecule has 0 aliphatic carbocycles. The number of hydrogen-bond acceptors (Lipinski definition) is 6. The van der Waals surface area contributed by atoms with E-state index in [4.69, 9.17) is 10.2 Å². The van der Waals surface area contributed by atoms with E-state index in [9.17, 15) is 19.2 Å². The third-order valence-corrected chi connectivity index (χ3v) is 5.54. The number of aliphatic hydroxyl groups is 2. The molecule has 3 rings (SSSR count). The van der Waals surface area contributed by atoms with Gasteiger partial charge in [0, 0.05) is 20.8 Å². The van der Waals surface area contributed by atoms with Crippen LogP contribution in [0.15, 0.2) is 91.0 Å². The van der Waals surface area contributed by atoms with Crippen LogP contribution in [0.4, 0.5) is 0 Å². The van der Waals surface area contributed by atoms with Gasteiger partial charge in [-0.15, -0.1) is 0 Å². The van der Waals surface area contributed by atoms with Gasteiger partial charge in [-0.25, -0.2) is 6.29 Å². The summed E-state index contributed by atoms with van der Waals surface area (Å²) in [5.74, 6) is -0.498. The van der Waals surface area contributed by atoms with Gasteiger partial charge in [0.1, 0.15) is 0 Å². The smallest absolute Gasteiger partial charge is 0.214 e. The summed E-state index contributed by atoms with van der Waals surface area (Å²) in [6.45, 7) is 6.26. The standard InChI is InChI=1S/2C11H14NO2.C11H12NO2.3Rf/c3*1-9(14)12-11(8-13)7-10-5-3-2-4-6-10;;;/h2*2-6,8,11,13H,7H2,1H3,(H,12,14);2-6,11H,7H2,1H3,(H,12,14);;;/q3*-1;;;/t3*11-;;;/m000.../s1. The molecule has 12 heteroatoms. The molecule has 0 aromatic heterocycles. The van der Waals surface area contributed by atoms with E-state index in [2.05, 4.69) is 16.0 Å². The van der Waals surface area contributed by atoms with Gasteiger partial charge in [0.2, 0.25) is 17.7 Å². The number of rotatable bonds is 12. The zero-order chi connectivity index (χ0) is 31.2. The third kappa shape index (κ3) is 20.2. The summed E-state index contributed by atoms with van der Waals surface area (Å²) in [5.41, 5.74) is 3.17. The number of nitrogens with one attached hydrogen (secondary N) is 3. The van der Waals surface area contributed by atoms with E-state index in [0.29, 0.717) is 19.3 Å². The fourth-order valence-electron chi connectivity index (χ4n) is 3.76.